The molecule has 2 N–H and O–H groups in total. The van der Waals surface area contributed by atoms with Crippen molar-refractivity contribution in [2.75, 3.05) is 25.6 Å². The number of thiophene rings is 1. The lowest BCUT2D eigenvalue weighted by molar-refractivity contribution is 0.0828. The van der Waals surface area contributed by atoms with Crippen LogP contribution in [0.3, 0.4) is 0 Å². The van der Waals surface area contributed by atoms with E-state index < -0.39 is 0 Å². The van der Waals surface area contributed by atoms with E-state index in [4.69, 9.17) is 5.73 Å². The molecule has 1 aromatic rings. The topological polar surface area (TPSA) is 46.3 Å². The van der Waals surface area contributed by atoms with Crippen LogP contribution in [-0.4, -0.2) is 30.7 Å². The number of thioether (sulfide) groups is 1. The molecule has 0 spiro atoms. The van der Waals surface area contributed by atoms with Gasteiger partial charge in [-0.15, -0.1) is 11.3 Å². The molecule has 1 aromatic heterocycles. The Morgan fingerprint density at radius 3 is 2.87 bits per heavy atom. The quantitative estimate of drug-likeness (QED) is 0.817. The third kappa shape index (κ3) is 1.86. The summed E-state index contributed by atoms with van der Waals surface area (Å²) in [5.41, 5.74) is 7.86. The summed E-state index contributed by atoms with van der Waals surface area (Å²) in [6.45, 7) is 0. The number of hydrogen-bond acceptors (Lipinski definition) is 4. The van der Waals surface area contributed by atoms with Crippen LogP contribution < -0.4 is 5.73 Å². The van der Waals surface area contributed by atoms with Crippen LogP contribution in [0.25, 0.3) is 0 Å². The smallest absolute Gasteiger partial charge is 0.256 e. The standard InChI is InChI=1S/C10H14N2OS2/c1-12(2)10(13)8-6-3-4-14-5-7(6)15-9(8)11/h3-5,11H2,1-2H3. The van der Waals surface area contributed by atoms with E-state index in [0.29, 0.717) is 5.00 Å². The van der Waals surface area contributed by atoms with E-state index >= 15 is 0 Å². The summed E-state index contributed by atoms with van der Waals surface area (Å²) in [5.74, 6) is 2.14. The fourth-order valence-corrected chi connectivity index (χ4v) is 3.96. The largest absolute Gasteiger partial charge is 0.390 e. The van der Waals surface area contributed by atoms with Gasteiger partial charge in [-0.25, -0.2) is 0 Å². The van der Waals surface area contributed by atoms with Gasteiger partial charge < -0.3 is 10.6 Å². The van der Waals surface area contributed by atoms with Crippen molar-refractivity contribution in [1.82, 2.24) is 4.90 Å². The molecule has 0 aromatic carbocycles. The molecular formula is C10H14N2OS2. The predicted octanol–water partition coefficient (Wildman–Crippen LogP) is 1.82. The van der Waals surface area contributed by atoms with Gasteiger partial charge in [-0.3, -0.25) is 4.79 Å². The van der Waals surface area contributed by atoms with Gasteiger partial charge in [0.15, 0.2) is 0 Å². The van der Waals surface area contributed by atoms with Gasteiger partial charge in [0.25, 0.3) is 5.91 Å². The summed E-state index contributed by atoms with van der Waals surface area (Å²) < 4.78 is 0. The number of fused-ring (bicyclic) bond motifs is 1. The van der Waals surface area contributed by atoms with Crippen LogP contribution in [0.2, 0.25) is 0 Å². The zero-order valence-corrected chi connectivity index (χ0v) is 10.5. The van der Waals surface area contributed by atoms with E-state index in [-0.39, 0.29) is 5.91 Å². The van der Waals surface area contributed by atoms with Crippen LogP contribution in [0.1, 0.15) is 20.8 Å². The molecule has 5 heteroatoms. The molecule has 0 saturated carbocycles. The lowest BCUT2D eigenvalue weighted by Crippen LogP contribution is -2.23. The molecule has 0 saturated heterocycles. The summed E-state index contributed by atoms with van der Waals surface area (Å²) >= 11 is 3.48. The van der Waals surface area contributed by atoms with Crippen molar-refractivity contribution in [2.24, 2.45) is 0 Å². The third-order valence-electron chi connectivity index (χ3n) is 2.47. The van der Waals surface area contributed by atoms with Crippen molar-refractivity contribution in [3.05, 3.63) is 16.0 Å². The maximum atomic E-state index is 11.9. The number of nitrogens with two attached hydrogens (primary N) is 1. The molecular weight excluding hydrogens is 228 g/mol. The number of anilines is 1. The molecule has 82 valence electrons. The van der Waals surface area contributed by atoms with Crippen LogP contribution in [0.4, 0.5) is 5.00 Å². The second kappa shape index (κ2) is 4.06. The minimum absolute atomic E-state index is 0.0388. The summed E-state index contributed by atoms with van der Waals surface area (Å²) in [7, 11) is 3.53. The van der Waals surface area contributed by atoms with Crippen LogP contribution in [0, 0.1) is 0 Å². The van der Waals surface area contributed by atoms with E-state index in [1.807, 2.05) is 11.8 Å². The number of hydrogen-bond donors (Lipinski definition) is 1. The number of amides is 1. The van der Waals surface area contributed by atoms with E-state index in [9.17, 15) is 4.79 Å². The van der Waals surface area contributed by atoms with Crippen molar-refractivity contribution >= 4 is 34.0 Å². The Kier molecular flexibility index (Phi) is 2.93. The Labute approximate surface area is 97.6 Å². The van der Waals surface area contributed by atoms with Gasteiger partial charge in [-0.2, -0.15) is 11.8 Å². The van der Waals surface area contributed by atoms with Crippen molar-refractivity contribution in [3.63, 3.8) is 0 Å². The Bertz CT molecular complexity index is 398. The number of nitrogens with zero attached hydrogens (tertiary/aromatic N) is 1. The Morgan fingerprint density at radius 2 is 2.20 bits per heavy atom. The monoisotopic (exact) mass is 242 g/mol. The molecule has 0 atom stereocenters. The van der Waals surface area contributed by atoms with Crippen molar-refractivity contribution in [2.45, 2.75) is 12.2 Å². The molecule has 0 bridgehead atoms. The lowest BCUT2D eigenvalue weighted by atomic mass is 10.1. The minimum atomic E-state index is 0.0388. The normalized spacial score (nSPS) is 14.8. The summed E-state index contributed by atoms with van der Waals surface area (Å²) in [6.07, 6.45) is 0.975. The first-order valence-electron chi connectivity index (χ1n) is 4.80. The fraction of sp³-hybridized carbons (Fsp3) is 0.500. The van der Waals surface area contributed by atoms with Gasteiger partial charge in [0, 0.05) is 24.7 Å². The van der Waals surface area contributed by atoms with Crippen molar-refractivity contribution in [3.8, 4) is 0 Å². The van der Waals surface area contributed by atoms with Gasteiger partial charge in [-0.05, 0) is 17.7 Å². The highest BCUT2D eigenvalue weighted by Crippen LogP contribution is 2.38. The predicted molar refractivity (Wildman–Crippen MR) is 66.6 cm³/mol. The molecule has 2 rings (SSSR count). The highest BCUT2D eigenvalue weighted by atomic mass is 32.2. The molecule has 1 amide bonds. The minimum Gasteiger partial charge on any atom is -0.390 e. The van der Waals surface area contributed by atoms with Gasteiger partial charge in [-0.1, -0.05) is 0 Å². The molecule has 0 fully saturated rings. The number of rotatable bonds is 1. The first-order valence-corrected chi connectivity index (χ1v) is 6.77. The molecule has 0 unspecified atom stereocenters. The van der Waals surface area contributed by atoms with E-state index in [0.717, 1.165) is 23.5 Å². The van der Waals surface area contributed by atoms with Gasteiger partial charge in [0.1, 0.15) is 0 Å². The lowest BCUT2D eigenvalue weighted by Gasteiger charge is -2.15. The van der Waals surface area contributed by atoms with Crippen molar-refractivity contribution in [1.29, 1.82) is 0 Å². The molecule has 0 aliphatic carbocycles. The first-order chi connectivity index (χ1) is 7.11. The molecule has 1 aliphatic heterocycles. The molecule has 2 heterocycles. The summed E-state index contributed by atoms with van der Waals surface area (Å²) in [4.78, 5) is 14.8. The maximum absolute atomic E-state index is 11.9. The zero-order valence-electron chi connectivity index (χ0n) is 8.87. The van der Waals surface area contributed by atoms with E-state index in [1.54, 1.807) is 30.3 Å². The number of nitrogen functional groups attached to an aromatic ring is 1. The average Bonchev–Trinajstić information content (AvgIpc) is 2.52. The summed E-state index contributed by atoms with van der Waals surface area (Å²) in [6, 6.07) is 0. The molecule has 15 heavy (non-hydrogen) atoms. The fourth-order valence-electron chi connectivity index (χ4n) is 1.71. The van der Waals surface area contributed by atoms with Crippen molar-refractivity contribution < 1.29 is 4.79 Å². The van der Waals surface area contributed by atoms with E-state index in [1.165, 1.54) is 10.4 Å². The molecule has 1 aliphatic rings. The van der Waals surface area contributed by atoms with Gasteiger partial charge in [0.2, 0.25) is 0 Å². The SMILES string of the molecule is CN(C)C(=O)c1c(N)sc2c1CCSC2. The number of carbonyl (C=O) groups excluding carboxylic acids is 1. The van der Waals surface area contributed by atoms with Gasteiger partial charge >= 0.3 is 0 Å². The Morgan fingerprint density at radius 1 is 1.47 bits per heavy atom. The highest BCUT2D eigenvalue weighted by molar-refractivity contribution is 7.98. The highest BCUT2D eigenvalue weighted by Gasteiger charge is 2.24. The third-order valence-corrected chi connectivity index (χ3v) is 4.70. The Hall–Kier alpha value is -0.680. The second-order valence-electron chi connectivity index (χ2n) is 3.75. The molecule has 3 nitrogen and oxygen atoms in total. The number of carbonyl (C=O) groups is 1. The van der Waals surface area contributed by atoms with Crippen LogP contribution in [-0.2, 0) is 12.2 Å². The Balaban J connectivity index is 2.46. The second-order valence-corrected chi connectivity index (χ2v) is 5.99. The molecule has 0 radical (unpaired) electrons. The van der Waals surface area contributed by atoms with Gasteiger partial charge in [0.05, 0.1) is 10.6 Å². The van der Waals surface area contributed by atoms with Crippen LogP contribution in [0.5, 0.6) is 0 Å². The van der Waals surface area contributed by atoms with Crippen LogP contribution in [0.15, 0.2) is 0 Å². The first kappa shape index (κ1) is 10.8. The summed E-state index contributed by atoms with van der Waals surface area (Å²) in [5, 5.41) is 0.682. The maximum Gasteiger partial charge on any atom is 0.256 e. The van der Waals surface area contributed by atoms with Crippen LogP contribution >= 0.6 is 23.1 Å². The van der Waals surface area contributed by atoms with E-state index in [2.05, 4.69) is 0 Å². The zero-order chi connectivity index (χ0) is 11.0. The average molecular weight is 242 g/mol.